The van der Waals surface area contributed by atoms with Gasteiger partial charge in [-0.2, -0.15) is 13.2 Å². The van der Waals surface area contributed by atoms with Crippen molar-refractivity contribution in [3.05, 3.63) is 98.2 Å². The minimum absolute atomic E-state index is 0.0399. The van der Waals surface area contributed by atoms with Crippen LogP contribution >= 0.6 is 39.1 Å². The molecule has 4 N–H and O–H groups in total. The van der Waals surface area contributed by atoms with Crippen LogP contribution in [0.25, 0.3) is 0 Å². The molecule has 0 saturated carbocycles. The molecule has 0 fully saturated rings. The Morgan fingerprint density at radius 1 is 1.25 bits per heavy atom. The number of alkyl halides is 4. The molecule has 1 amide bonds. The fourth-order valence-electron chi connectivity index (χ4n) is 3.09. The van der Waals surface area contributed by atoms with E-state index >= 15 is 0 Å². The molecule has 0 aliphatic rings. The number of aliphatic hydroxyl groups is 1. The van der Waals surface area contributed by atoms with E-state index in [1.807, 2.05) is 0 Å². The van der Waals surface area contributed by atoms with Crippen molar-refractivity contribution in [2.75, 3.05) is 5.32 Å². The molecule has 12 heteroatoms. The molecule has 6 nitrogen and oxygen atoms in total. The summed E-state index contributed by atoms with van der Waals surface area (Å²) in [6.45, 7) is 0. The first kappa shape index (κ1) is 27.7. The number of amides is 1. The Labute approximate surface area is 222 Å². The highest BCUT2D eigenvalue weighted by Crippen LogP contribution is 2.37. The molecule has 2 aromatic carbocycles. The molecule has 0 radical (unpaired) electrons. The lowest BCUT2D eigenvalue weighted by Gasteiger charge is -2.17. The molecule has 0 spiro atoms. The van der Waals surface area contributed by atoms with Crippen LogP contribution in [0.1, 0.15) is 33.2 Å². The maximum Gasteiger partial charge on any atom is 0.417 e. The number of hydrogen-bond acceptors (Lipinski definition) is 5. The number of nitrogens with two attached hydrogens (primary N) is 1. The lowest BCUT2D eigenvalue weighted by Crippen LogP contribution is -2.17. The van der Waals surface area contributed by atoms with Crippen molar-refractivity contribution in [1.82, 2.24) is 4.98 Å². The summed E-state index contributed by atoms with van der Waals surface area (Å²) in [6, 6.07) is 11.3. The molecule has 1 aromatic heterocycles. The Kier molecular flexibility index (Phi) is 9.13. The number of aromatic nitrogens is 1. The molecule has 0 aliphatic heterocycles. The molecule has 0 saturated heterocycles. The summed E-state index contributed by atoms with van der Waals surface area (Å²) in [4.78, 5) is 20.9. The van der Waals surface area contributed by atoms with Crippen molar-refractivity contribution in [3.63, 3.8) is 0 Å². The van der Waals surface area contributed by atoms with Crippen LogP contribution in [0, 0.1) is 0 Å². The Morgan fingerprint density at radius 2 is 2.00 bits per heavy atom. The van der Waals surface area contributed by atoms with Gasteiger partial charge >= 0.3 is 6.18 Å². The van der Waals surface area contributed by atoms with E-state index < -0.39 is 28.8 Å². The number of carbonyl (C=O) groups excluding carboxylic acids is 1. The third kappa shape index (κ3) is 6.85. The number of carbonyl (C=O) groups is 1. The molecular weight excluding hydrogens is 584 g/mol. The maximum atomic E-state index is 13.1. The number of rotatable bonds is 7. The van der Waals surface area contributed by atoms with Gasteiger partial charge in [-0.25, -0.2) is 4.98 Å². The summed E-state index contributed by atoms with van der Waals surface area (Å²) < 4.78 is 39.9. The quantitative estimate of drug-likeness (QED) is 0.205. The van der Waals surface area contributed by atoms with Crippen molar-refractivity contribution < 1.29 is 23.1 Å². The molecule has 188 valence electrons. The van der Waals surface area contributed by atoms with Gasteiger partial charge in [-0.15, -0.1) is 11.6 Å². The van der Waals surface area contributed by atoms with Crippen molar-refractivity contribution in [3.8, 4) is 0 Å². The summed E-state index contributed by atoms with van der Waals surface area (Å²) in [5, 5.41) is 13.2. The highest BCUT2D eigenvalue weighted by atomic mass is 79.9. The van der Waals surface area contributed by atoms with Crippen LogP contribution in [-0.2, 0) is 12.1 Å². The van der Waals surface area contributed by atoms with Crippen LogP contribution in [0.4, 0.5) is 24.7 Å². The second-order valence-corrected chi connectivity index (χ2v) is 8.96. The molecule has 1 atom stereocenters. The van der Waals surface area contributed by atoms with Crippen LogP contribution in [-0.4, -0.2) is 22.2 Å². The van der Waals surface area contributed by atoms with Crippen LogP contribution in [0.15, 0.2) is 76.0 Å². The zero-order valence-electron chi connectivity index (χ0n) is 18.2. The van der Waals surface area contributed by atoms with Gasteiger partial charge in [0.2, 0.25) is 0 Å². The predicted octanol–water partition coefficient (Wildman–Crippen LogP) is 6.79. The van der Waals surface area contributed by atoms with E-state index in [-0.39, 0.29) is 28.5 Å². The number of nitrogens with zero attached hydrogens (tertiary/aromatic N) is 2. The summed E-state index contributed by atoms with van der Waals surface area (Å²) in [7, 11) is 0. The highest BCUT2D eigenvalue weighted by molar-refractivity contribution is 9.10. The zero-order chi connectivity index (χ0) is 26.5. The van der Waals surface area contributed by atoms with Crippen LogP contribution in [0.2, 0.25) is 5.02 Å². The van der Waals surface area contributed by atoms with E-state index in [4.69, 9.17) is 28.9 Å². The van der Waals surface area contributed by atoms with Crippen molar-refractivity contribution in [2.45, 2.75) is 18.2 Å². The minimum atomic E-state index is -4.66. The molecule has 3 aromatic rings. The fourth-order valence-corrected chi connectivity index (χ4v) is 3.83. The lowest BCUT2D eigenvalue weighted by molar-refractivity contribution is -0.137. The largest absolute Gasteiger partial charge is 0.417 e. The number of halogens is 6. The Bertz CT molecular complexity index is 1330. The van der Waals surface area contributed by atoms with Crippen molar-refractivity contribution in [2.24, 2.45) is 10.7 Å². The third-order valence-electron chi connectivity index (χ3n) is 4.88. The number of pyridine rings is 1. The topological polar surface area (TPSA) is 101 Å². The van der Waals surface area contributed by atoms with Crippen LogP contribution < -0.4 is 11.1 Å². The average molecular weight is 602 g/mol. The first-order chi connectivity index (χ1) is 17.0. The first-order valence-electron chi connectivity index (χ1n) is 10.2. The maximum absolute atomic E-state index is 13.1. The Hall–Kier alpha value is -2.92. The van der Waals surface area contributed by atoms with Gasteiger partial charge in [0.1, 0.15) is 11.9 Å². The number of hydrogen-bond donors (Lipinski definition) is 3. The van der Waals surface area contributed by atoms with E-state index in [0.717, 1.165) is 30.1 Å². The highest BCUT2D eigenvalue weighted by Gasteiger charge is 2.33. The van der Waals surface area contributed by atoms with Gasteiger partial charge in [-0.3, -0.25) is 9.79 Å². The average Bonchev–Trinajstić information content (AvgIpc) is 2.85. The SMILES string of the molecule is N/C=C(\C=Nc1ccc(Cl)c(C(F)(F)F)c1)C(O)c1cc(Br)cnc1NC(=O)c1cccc(CCl)c1. The standard InChI is InChI=1S/C24H18BrCl2F3N4O2/c25-16-7-18(22(33-12-16)34-23(36)14-3-1-2-13(6-14)9-26)21(35)15(10-31)11-32-17-4-5-20(27)19(8-17)24(28,29)30/h1-8,10-12,21,35H,9,31H2,(H,33,34,36)/b15-10+,32-11?. The third-order valence-corrected chi connectivity index (χ3v) is 5.95. The van der Waals surface area contributed by atoms with Crippen LogP contribution in [0.5, 0.6) is 0 Å². The minimum Gasteiger partial charge on any atom is -0.404 e. The lowest BCUT2D eigenvalue weighted by atomic mass is 10.0. The molecule has 36 heavy (non-hydrogen) atoms. The summed E-state index contributed by atoms with van der Waals surface area (Å²) in [6.07, 6.45) is -2.50. The summed E-state index contributed by atoms with van der Waals surface area (Å²) in [5.41, 5.74) is 5.85. The smallest absolute Gasteiger partial charge is 0.404 e. The van der Waals surface area contributed by atoms with E-state index in [1.54, 1.807) is 24.3 Å². The van der Waals surface area contributed by atoms with Gasteiger partial charge in [0.15, 0.2) is 0 Å². The van der Waals surface area contributed by atoms with Gasteiger partial charge in [-0.05, 0) is 57.9 Å². The van der Waals surface area contributed by atoms with E-state index in [2.05, 4.69) is 31.2 Å². The second-order valence-electron chi connectivity index (χ2n) is 7.37. The zero-order valence-corrected chi connectivity index (χ0v) is 21.3. The molecular formula is C24H18BrCl2F3N4O2. The first-order valence-corrected chi connectivity index (χ1v) is 11.9. The molecule has 0 bridgehead atoms. The van der Waals surface area contributed by atoms with Crippen LogP contribution in [0.3, 0.4) is 0 Å². The molecule has 3 rings (SSSR count). The second kappa shape index (κ2) is 11.9. The van der Waals surface area contributed by atoms with Gasteiger partial charge in [0.05, 0.1) is 16.3 Å². The Morgan fingerprint density at radius 3 is 2.67 bits per heavy atom. The fraction of sp³-hybridized carbons (Fsp3) is 0.125. The number of benzene rings is 2. The van der Waals surface area contributed by atoms with E-state index in [9.17, 15) is 23.1 Å². The predicted molar refractivity (Wildman–Crippen MR) is 138 cm³/mol. The van der Waals surface area contributed by atoms with E-state index in [1.165, 1.54) is 18.3 Å². The number of nitrogens with one attached hydrogen (secondary N) is 1. The van der Waals surface area contributed by atoms with Crippen molar-refractivity contribution in [1.29, 1.82) is 0 Å². The van der Waals surface area contributed by atoms with Gasteiger partial charge in [-0.1, -0.05) is 23.7 Å². The van der Waals surface area contributed by atoms with Crippen molar-refractivity contribution >= 4 is 62.8 Å². The van der Waals surface area contributed by atoms with Gasteiger partial charge in [0.25, 0.3) is 5.91 Å². The molecule has 1 heterocycles. The monoisotopic (exact) mass is 600 g/mol. The van der Waals surface area contributed by atoms with Gasteiger partial charge < -0.3 is 16.2 Å². The normalized spacial score (nSPS) is 13.1. The molecule has 0 aliphatic carbocycles. The number of anilines is 1. The summed E-state index contributed by atoms with van der Waals surface area (Å²) >= 11 is 14.7. The Balaban J connectivity index is 1.89. The summed E-state index contributed by atoms with van der Waals surface area (Å²) in [5.74, 6) is -0.215. The molecule has 1 unspecified atom stereocenters. The van der Waals surface area contributed by atoms with E-state index in [0.29, 0.717) is 10.0 Å². The number of aliphatic imine (C=N–C) groups is 1. The number of aliphatic hydroxyl groups excluding tert-OH is 1. The van der Waals surface area contributed by atoms with Gasteiger partial charge in [0, 0.05) is 45.7 Å².